The number of benzene rings is 1. The highest BCUT2D eigenvalue weighted by molar-refractivity contribution is 9.10. The van der Waals surface area contributed by atoms with E-state index in [-0.39, 0.29) is 12.0 Å². The Morgan fingerprint density at radius 1 is 1.61 bits per heavy atom. The minimum absolute atomic E-state index is 0.0728. The van der Waals surface area contributed by atoms with Crippen LogP contribution < -0.4 is 5.73 Å². The number of hydrogen-bond donors (Lipinski definition) is 2. The maximum atomic E-state index is 13.9. The average molecular weight is 313 g/mol. The molecule has 1 atom stereocenters. The fourth-order valence-corrected chi connectivity index (χ4v) is 2.27. The molecule has 6 heteroatoms. The van der Waals surface area contributed by atoms with Crippen LogP contribution >= 0.6 is 15.9 Å². The highest BCUT2D eigenvalue weighted by Crippen LogP contribution is 2.28. The number of carboxylic acids is 1. The number of carbonyl (C=O) groups is 1. The van der Waals surface area contributed by atoms with Crippen LogP contribution in [-0.2, 0) is 11.2 Å². The van der Waals surface area contributed by atoms with Gasteiger partial charge in [-0.1, -0.05) is 6.07 Å². The molecule has 94 valence electrons. The Morgan fingerprint density at radius 2 is 2.33 bits per heavy atom. The van der Waals surface area contributed by atoms with Crippen LogP contribution in [0, 0.1) is 5.82 Å². The van der Waals surface area contributed by atoms with Gasteiger partial charge in [-0.25, -0.2) is 4.39 Å². The van der Waals surface area contributed by atoms with Crippen LogP contribution in [0.3, 0.4) is 0 Å². The first-order valence-corrected chi connectivity index (χ1v) is 6.00. The number of rotatable bonds is 3. The Morgan fingerprint density at radius 3 is 3.00 bits per heavy atom. The van der Waals surface area contributed by atoms with Crippen molar-refractivity contribution < 1.29 is 14.3 Å². The molecular weight excluding hydrogens is 303 g/mol. The van der Waals surface area contributed by atoms with Crippen molar-refractivity contribution in [3.63, 3.8) is 0 Å². The third kappa shape index (κ3) is 2.34. The molecule has 0 aliphatic carbocycles. The molecule has 4 nitrogen and oxygen atoms in total. The van der Waals surface area contributed by atoms with Gasteiger partial charge in [0.2, 0.25) is 0 Å². The van der Waals surface area contributed by atoms with E-state index in [1.807, 2.05) is 0 Å². The molecule has 0 spiro atoms. The summed E-state index contributed by atoms with van der Waals surface area (Å²) < 4.78 is 14.4. The Labute approximate surface area is 111 Å². The van der Waals surface area contributed by atoms with E-state index in [2.05, 4.69) is 20.9 Å². The maximum Gasteiger partial charge on any atom is 0.320 e. The van der Waals surface area contributed by atoms with Gasteiger partial charge in [-0.2, -0.15) is 0 Å². The van der Waals surface area contributed by atoms with Crippen molar-refractivity contribution in [3.8, 4) is 0 Å². The predicted octanol–water partition coefficient (Wildman–Crippen LogP) is 2.09. The van der Waals surface area contributed by atoms with E-state index in [4.69, 9.17) is 10.8 Å². The molecule has 1 unspecified atom stereocenters. The molecule has 0 bridgehead atoms. The molecule has 1 aromatic carbocycles. The Hall–Kier alpha value is -1.53. The van der Waals surface area contributed by atoms with Gasteiger partial charge in [-0.3, -0.25) is 9.78 Å². The van der Waals surface area contributed by atoms with E-state index in [0.717, 1.165) is 0 Å². The molecule has 1 aromatic heterocycles. The topological polar surface area (TPSA) is 76.2 Å². The van der Waals surface area contributed by atoms with Crippen LogP contribution in [0.2, 0.25) is 0 Å². The molecule has 2 aromatic rings. The molecule has 0 fully saturated rings. The first-order valence-electron chi connectivity index (χ1n) is 5.20. The normalized spacial score (nSPS) is 12.6. The zero-order valence-corrected chi connectivity index (χ0v) is 10.8. The fraction of sp³-hybridized carbons (Fsp3) is 0.167. The number of pyridine rings is 1. The van der Waals surface area contributed by atoms with E-state index >= 15 is 0 Å². The zero-order chi connectivity index (χ0) is 13.3. The second kappa shape index (κ2) is 4.99. The van der Waals surface area contributed by atoms with Crippen LogP contribution in [0.1, 0.15) is 5.56 Å². The van der Waals surface area contributed by atoms with Gasteiger partial charge in [0.25, 0.3) is 0 Å². The van der Waals surface area contributed by atoms with E-state index in [9.17, 15) is 9.18 Å². The average Bonchev–Trinajstić information content (AvgIpc) is 2.34. The maximum absolute atomic E-state index is 13.9. The molecule has 0 aliphatic rings. The van der Waals surface area contributed by atoms with Crippen LogP contribution in [0.5, 0.6) is 0 Å². The number of nitrogens with two attached hydrogens (primary N) is 1. The molecular formula is C12H10BrFN2O2. The minimum atomic E-state index is -1.16. The summed E-state index contributed by atoms with van der Waals surface area (Å²) in [5, 5.41) is 9.36. The summed E-state index contributed by atoms with van der Waals surface area (Å²) in [4.78, 5) is 14.9. The zero-order valence-electron chi connectivity index (χ0n) is 9.23. The standard InChI is InChI=1S/C12H10BrFN2O2/c13-8-5-9(14)7(4-10(15)12(17)18)6-2-1-3-16-11(6)8/h1-3,5,10H,4,15H2,(H,17,18). The largest absolute Gasteiger partial charge is 0.480 e. The molecule has 0 saturated heterocycles. The number of nitrogens with zero attached hydrogens (tertiary/aromatic N) is 1. The quantitative estimate of drug-likeness (QED) is 0.910. The van der Waals surface area contributed by atoms with Gasteiger partial charge in [-0.05, 0) is 33.6 Å². The van der Waals surface area contributed by atoms with Crippen LogP contribution in [-0.4, -0.2) is 22.1 Å². The molecule has 3 N–H and O–H groups in total. The number of aliphatic carboxylic acids is 1. The van der Waals surface area contributed by atoms with Gasteiger partial charge in [0, 0.05) is 22.5 Å². The lowest BCUT2D eigenvalue weighted by Crippen LogP contribution is -2.32. The van der Waals surface area contributed by atoms with Gasteiger partial charge in [0.05, 0.1) is 5.52 Å². The summed E-state index contributed by atoms with van der Waals surface area (Å²) in [6.45, 7) is 0. The third-order valence-corrected chi connectivity index (χ3v) is 3.25. The summed E-state index contributed by atoms with van der Waals surface area (Å²) in [5.41, 5.74) is 6.31. The first-order chi connectivity index (χ1) is 8.50. The van der Waals surface area contributed by atoms with Crippen LogP contribution in [0.4, 0.5) is 4.39 Å². The van der Waals surface area contributed by atoms with Gasteiger partial charge in [-0.15, -0.1) is 0 Å². The number of halogens is 2. The van der Waals surface area contributed by atoms with Crippen molar-refractivity contribution in [2.24, 2.45) is 5.73 Å². The number of carboxylic acid groups (broad SMARTS) is 1. The van der Waals surface area contributed by atoms with Crippen molar-refractivity contribution in [1.82, 2.24) is 4.98 Å². The molecule has 2 rings (SSSR count). The molecule has 0 radical (unpaired) electrons. The van der Waals surface area contributed by atoms with Crippen molar-refractivity contribution in [1.29, 1.82) is 0 Å². The number of hydrogen-bond acceptors (Lipinski definition) is 3. The van der Waals surface area contributed by atoms with Crippen LogP contribution in [0.15, 0.2) is 28.9 Å². The van der Waals surface area contributed by atoms with E-state index < -0.39 is 17.8 Å². The summed E-state index contributed by atoms with van der Waals surface area (Å²) in [6.07, 6.45) is 1.52. The van der Waals surface area contributed by atoms with Crippen molar-refractivity contribution >= 4 is 32.8 Å². The van der Waals surface area contributed by atoms with Gasteiger partial charge >= 0.3 is 5.97 Å². The van der Waals surface area contributed by atoms with Gasteiger partial charge in [0.15, 0.2) is 0 Å². The summed E-state index contributed by atoms with van der Waals surface area (Å²) in [6, 6.07) is 3.51. The Balaban J connectivity index is 2.59. The lowest BCUT2D eigenvalue weighted by molar-refractivity contribution is -0.138. The molecule has 0 amide bonds. The Bertz CT molecular complexity index is 618. The van der Waals surface area contributed by atoms with Crippen molar-refractivity contribution in [2.75, 3.05) is 0 Å². The van der Waals surface area contributed by atoms with Crippen LogP contribution in [0.25, 0.3) is 10.9 Å². The van der Waals surface area contributed by atoms with E-state index in [1.54, 1.807) is 18.3 Å². The predicted molar refractivity (Wildman–Crippen MR) is 68.7 cm³/mol. The lowest BCUT2D eigenvalue weighted by Gasteiger charge is -2.11. The van der Waals surface area contributed by atoms with Gasteiger partial charge in [0.1, 0.15) is 11.9 Å². The fourth-order valence-electron chi connectivity index (χ4n) is 1.75. The molecule has 0 saturated carbocycles. The summed E-state index contributed by atoms with van der Waals surface area (Å²) in [7, 11) is 0. The van der Waals surface area contributed by atoms with Crippen molar-refractivity contribution in [3.05, 3.63) is 40.2 Å². The molecule has 1 heterocycles. The SMILES string of the molecule is NC(Cc1c(F)cc(Br)c2ncccc12)C(=O)O. The smallest absolute Gasteiger partial charge is 0.320 e. The van der Waals surface area contributed by atoms with Gasteiger partial charge < -0.3 is 10.8 Å². The number of fused-ring (bicyclic) bond motifs is 1. The van der Waals surface area contributed by atoms with Crippen molar-refractivity contribution in [2.45, 2.75) is 12.5 Å². The summed E-state index contributed by atoms with van der Waals surface area (Å²) in [5.74, 6) is -1.64. The number of aromatic nitrogens is 1. The molecule has 0 aliphatic heterocycles. The second-order valence-electron chi connectivity index (χ2n) is 3.87. The highest BCUT2D eigenvalue weighted by atomic mass is 79.9. The minimum Gasteiger partial charge on any atom is -0.480 e. The second-order valence-corrected chi connectivity index (χ2v) is 4.72. The third-order valence-electron chi connectivity index (χ3n) is 2.64. The summed E-state index contributed by atoms with van der Waals surface area (Å²) >= 11 is 3.23. The van der Waals surface area contributed by atoms with E-state index in [1.165, 1.54) is 6.07 Å². The Kier molecular flexibility index (Phi) is 3.58. The lowest BCUT2D eigenvalue weighted by atomic mass is 10.0. The van der Waals surface area contributed by atoms with E-state index in [0.29, 0.717) is 15.4 Å². The molecule has 18 heavy (non-hydrogen) atoms. The highest BCUT2D eigenvalue weighted by Gasteiger charge is 2.18. The monoisotopic (exact) mass is 312 g/mol. The first kappa shape index (κ1) is 12.9.